The van der Waals surface area contributed by atoms with Crippen LogP contribution in [0.3, 0.4) is 0 Å². The molecule has 1 aromatic carbocycles. The fourth-order valence-electron chi connectivity index (χ4n) is 2.33. The number of hydrogen-bond donors (Lipinski definition) is 1. The molecule has 0 radical (unpaired) electrons. The highest BCUT2D eigenvalue weighted by Crippen LogP contribution is 2.30. The van der Waals surface area contributed by atoms with Crippen molar-refractivity contribution in [3.63, 3.8) is 0 Å². The van der Waals surface area contributed by atoms with Gasteiger partial charge in [-0.15, -0.1) is 0 Å². The van der Waals surface area contributed by atoms with Gasteiger partial charge in [-0.2, -0.15) is 5.10 Å². The second-order valence-electron chi connectivity index (χ2n) is 5.44. The van der Waals surface area contributed by atoms with Gasteiger partial charge in [-0.25, -0.2) is 5.43 Å². The number of para-hydroxylation sites is 1. The third kappa shape index (κ3) is 4.50. The van der Waals surface area contributed by atoms with Crippen LogP contribution in [0.25, 0.3) is 0 Å². The topological polar surface area (TPSA) is 81.9 Å². The first-order chi connectivity index (χ1) is 12.6. The van der Waals surface area contributed by atoms with Crippen LogP contribution in [0.5, 0.6) is 11.5 Å². The highest BCUT2D eigenvalue weighted by atomic mass is 16.5. The molecule has 7 nitrogen and oxygen atoms in total. The number of rotatable bonds is 8. The molecule has 0 aliphatic rings. The van der Waals surface area contributed by atoms with Crippen molar-refractivity contribution >= 4 is 12.1 Å². The number of amides is 1. The summed E-state index contributed by atoms with van der Waals surface area (Å²) in [6, 6.07) is 8.52. The zero-order valence-electron chi connectivity index (χ0n) is 15.2. The van der Waals surface area contributed by atoms with Crippen LogP contribution < -0.4 is 20.5 Å². The van der Waals surface area contributed by atoms with Crippen molar-refractivity contribution in [1.29, 1.82) is 0 Å². The number of aromatic nitrogens is 1. The molecular formula is C19H23N3O4. The molecule has 1 amide bonds. The number of hydrazone groups is 1. The van der Waals surface area contributed by atoms with Crippen molar-refractivity contribution in [2.75, 3.05) is 13.7 Å². The first kappa shape index (κ1) is 19.2. The summed E-state index contributed by atoms with van der Waals surface area (Å²) in [5, 5.41) is 3.95. The SMILES string of the molecule is CCCOc1c(/C=N\NC(=O)c2cccn(CC)c2=O)cccc1OC. The molecule has 0 aliphatic carbocycles. The minimum Gasteiger partial charge on any atom is -0.493 e. The maximum atomic E-state index is 12.2. The molecule has 0 aliphatic heterocycles. The van der Waals surface area contributed by atoms with Gasteiger partial charge in [0.15, 0.2) is 11.5 Å². The van der Waals surface area contributed by atoms with E-state index in [9.17, 15) is 9.59 Å². The number of ether oxygens (including phenoxy) is 2. The molecule has 0 spiro atoms. The number of methoxy groups -OCH3 is 1. The van der Waals surface area contributed by atoms with Gasteiger partial charge in [0.25, 0.3) is 11.5 Å². The monoisotopic (exact) mass is 357 g/mol. The van der Waals surface area contributed by atoms with Crippen LogP contribution in [-0.4, -0.2) is 30.4 Å². The molecular weight excluding hydrogens is 334 g/mol. The van der Waals surface area contributed by atoms with Gasteiger partial charge in [0.1, 0.15) is 5.56 Å². The second kappa shape index (κ2) is 9.41. The van der Waals surface area contributed by atoms with Gasteiger partial charge in [-0.3, -0.25) is 9.59 Å². The summed E-state index contributed by atoms with van der Waals surface area (Å²) in [7, 11) is 1.56. The van der Waals surface area contributed by atoms with E-state index in [1.165, 1.54) is 16.8 Å². The lowest BCUT2D eigenvalue weighted by molar-refractivity contribution is 0.0953. The molecule has 0 saturated heterocycles. The lowest BCUT2D eigenvalue weighted by atomic mass is 10.2. The van der Waals surface area contributed by atoms with E-state index in [1.54, 1.807) is 37.6 Å². The zero-order valence-corrected chi connectivity index (χ0v) is 15.2. The smallest absolute Gasteiger partial charge is 0.276 e. The summed E-state index contributed by atoms with van der Waals surface area (Å²) in [6.45, 7) is 4.87. The molecule has 1 heterocycles. The minimum atomic E-state index is -0.562. The molecule has 138 valence electrons. The fourth-order valence-corrected chi connectivity index (χ4v) is 2.33. The van der Waals surface area contributed by atoms with Crippen LogP contribution in [0.15, 0.2) is 46.4 Å². The van der Waals surface area contributed by atoms with E-state index in [1.807, 2.05) is 13.8 Å². The maximum absolute atomic E-state index is 12.2. The Labute approximate surface area is 152 Å². The first-order valence-electron chi connectivity index (χ1n) is 8.45. The van der Waals surface area contributed by atoms with Gasteiger partial charge in [0, 0.05) is 18.3 Å². The van der Waals surface area contributed by atoms with Crippen LogP contribution in [0.4, 0.5) is 0 Å². The van der Waals surface area contributed by atoms with Gasteiger partial charge in [-0.05, 0) is 37.6 Å². The van der Waals surface area contributed by atoms with Gasteiger partial charge >= 0.3 is 0 Å². The van der Waals surface area contributed by atoms with Crippen molar-refractivity contribution in [1.82, 2.24) is 9.99 Å². The maximum Gasteiger partial charge on any atom is 0.276 e. The molecule has 0 fully saturated rings. The Morgan fingerprint density at radius 2 is 2.08 bits per heavy atom. The average molecular weight is 357 g/mol. The molecule has 0 atom stereocenters. The Morgan fingerprint density at radius 1 is 1.27 bits per heavy atom. The van der Waals surface area contributed by atoms with E-state index in [4.69, 9.17) is 9.47 Å². The molecule has 1 aromatic heterocycles. The number of aryl methyl sites for hydroxylation is 1. The average Bonchev–Trinajstić information content (AvgIpc) is 2.66. The summed E-state index contributed by atoms with van der Waals surface area (Å²) in [4.78, 5) is 24.4. The Balaban J connectivity index is 2.18. The molecule has 0 unspecified atom stereocenters. The number of carbonyl (C=O) groups is 1. The van der Waals surface area contributed by atoms with E-state index < -0.39 is 5.91 Å². The zero-order chi connectivity index (χ0) is 18.9. The third-order valence-corrected chi connectivity index (χ3v) is 3.66. The van der Waals surface area contributed by atoms with E-state index in [2.05, 4.69) is 10.5 Å². The molecule has 2 aromatic rings. The van der Waals surface area contributed by atoms with Crippen molar-refractivity contribution in [3.05, 3.63) is 58.0 Å². The minimum absolute atomic E-state index is 0.0413. The highest BCUT2D eigenvalue weighted by Gasteiger charge is 2.12. The van der Waals surface area contributed by atoms with Crippen LogP contribution in [0.2, 0.25) is 0 Å². The molecule has 26 heavy (non-hydrogen) atoms. The van der Waals surface area contributed by atoms with Crippen LogP contribution in [-0.2, 0) is 6.54 Å². The summed E-state index contributed by atoms with van der Waals surface area (Å²) < 4.78 is 12.5. The number of nitrogens with zero attached hydrogens (tertiary/aromatic N) is 2. The van der Waals surface area contributed by atoms with Crippen molar-refractivity contribution in [3.8, 4) is 11.5 Å². The lowest BCUT2D eigenvalue weighted by Gasteiger charge is -2.12. The Hall–Kier alpha value is -3.09. The van der Waals surface area contributed by atoms with Gasteiger partial charge < -0.3 is 14.0 Å². The summed E-state index contributed by atoms with van der Waals surface area (Å²) in [5.41, 5.74) is 2.74. The highest BCUT2D eigenvalue weighted by molar-refractivity contribution is 5.94. The van der Waals surface area contributed by atoms with E-state index in [0.717, 1.165) is 6.42 Å². The van der Waals surface area contributed by atoms with Crippen molar-refractivity contribution < 1.29 is 14.3 Å². The van der Waals surface area contributed by atoms with Crippen LogP contribution >= 0.6 is 0 Å². The third-order valence-electron chi connectivity index (χ3n) is 3.66. The molecule has 2 rings (SSSR count). The standard InChI is InChI=1S/C19H23N3O4/c1-4-12-26-17-14(8-6-10-16(17)25-3)13-20-21-18(23)15-9-7-11-22(5-2)19(15)24/h6-11,13H,4-5,12H2,1-3H3,(H,21,23)/b20-13-. The van der Waals surface area contributed by atoms with Gasteiger partial charge in [0.2, 0.25) is 0 Å². The first-order valence-corrected chi connectivity index (χ1v) is 8.45. The van der Waals surface area contributed by atoms with E-state index in [-0.39, 0.29) is 11.1 Å². The Kier molecular flexibility index (Phi) is 6.96. The fraction of sp³-hybridized carbons (Fsp3) is 0.316. The number of carbonyl (C=O) groups excluding carboxylic acids is 1. The second-order valence-corrected chi connectivity index (χ2v) is 5.44. The van der Waals surface area contributed by atoms with Crippen molar-refractivity contribution in [2.24, 2.45) is 5.10 Å². The normalized spacial score (nSPS) is 10.7. The lowest BCUT2D eigenvalue weighted by Crippen LogP contribution is -2.30. The summed E-state index contributed by atoms with van der Waals surface area (Å²) in [5.74, 6) is 0.582. The van der Waals surface area contributed by atoms with Gasteiger partial charge in [0.05, 0.1) is 19.9 Å². The van der Waals surface area contributed by atoms with Crippen LogP contribution in [0, 0.1) is 0 Å². The molecule has 0 bridgehead atoms. The number of hydrogen-bond acceptors (Lipinski definition) is 5. The van der Waals surface area contributed by atoms with Crippen molar-refractivity contribution in [2.45, 2.75) is 26.8 Å². The van der Waals surface area contributed by atoms with Gasteiger partial charge in [-0.1, -0.05) is 13.0 Å². The largest absolute Gasteiger partial charge is 0.493 e. The summed E-state index contributed by atoms with van der Waals surface area (Å²) >= 11 is 0. The number of benzene rings is 1. The molecule has 1 N–H and O–H groups in total. The summed E-state index contributed by atoms with van der Waals surface area (Å²) in [6.07, 6.45) is 3.95. The molecule has 0 saturated carbocycles. The van der Waals surface area contributed by atoms with E-state index in [0.29, 0.717) is 30.2 Å². The molecule has 7 heteroatoms. The Bertz CT molecular complexity index is 843. The predicted molar refractivity (Wildman–Crippen MR) is 100 cm³/mol. The van der Waals surface area contributed by atoms with E-state index >= 15 is 0 Å². The predicted octanol–water partition coefficient (Wildman–Crippen LogP) is 2.43. The Morgan fingerprint density at radius 3 is 2.77 bits per heavy atom. The number of nitrogens with one attached hydrogen (secondary N) is 1. The van der Waals surface area contributed by atoms with Crippen LogP contribution in [0.1, 0.15) is 36.2 Å². The quantitative estimate of drug-likeness (QED) is 0.581. The number of pyridine rings is 1.